The Bertz CT molecular complexity index is 502. The number of nitrogens with zero attached hydrogens (tertiary/aromatic N) is 1. The van der Waals surface area contributed by atoms with Gasteiger partial charge in [0.05, 0.1) is 18.6 Å². The monoisotopic (exact) mass is 247 g/mol. The summed E-state index contributed by atoms with van der Waals surface area (Å²) in [5.74, 6) is 1.01. The molecule has 1 heterocycles. The van der Waals surface area contributed by atoms with Crippen LogP contribution in [0, 0.1) is 12.3 Å². The van der Waals surface area contributed by atoms with Crippen molar-refractivity contribution < 1.29 is 19.4 Å². The van der Waals surface area contributed by atoms with Crippen LogP contribution in [0.3, 0.4) is 0 Å². The average molecular weight is 247 g/mol. The van der Waals surface area contributed by atoms with E-state index in [2.05, 4.69) is 10.9 Å². The van der Waals surface area contributed by atoms with E-state index in [1.807, 2.05) is 0 Å². The van der Waals surface area contributed by atoms with Gasteiger partial charge < -0.3 is 9.84 Å². The van der Waals surface area contributed by atoms with E-state index >= 15 is 0 Å². The van der Waals surface area contributed by atoms with Crippen LogP contribution in [0.1, 0.15) is 35.8 Å². The predicted molar refractivity (Wildman–Crippen MR) is 64.0 cm³/mol. The van der Waals surface area contributed by atoms with Crippen molar-refractivity contribution in [2.75, 3.05) is 6.61 Å². The van der Waals surface area contributed by atoms with E-state index in [1.165, 1.54) is 12.3 Å². The number of carbonyl (C=O) groups excluding carboxylic acids is 2. The predicted octanol–water partition coefficient (Wildman–Crippen LogP) is 1.29. The Labute approximate surface area is 105 Å². The van der Waals surface area contributed by atoms with Gasteiger partial charge in [-0.05, 0) is 13.0 Å². The van der Waals surface area contributed by atoms with Gasteiger partial charge in [-0.25, -0.2) is 4.98 Å². The Hall–Kier alpha value is -2.35. The molecule has 0 aliphatic heterocycles. The molecule has 0 bridgehead atoms. The van der Waals surface area contributed by atoms with E-state index in [-0.39, 0.29) is 36.5 Å². The number of pyridine rings is 1. The van der Waals surface area contributed by atoms with Crippen molar-refractivity contribution in [1.82, 2.24) is 4.98 Å². The molecule has 5 nitrogen and oxygen atoms in total. The van der Waals surface area contributed by atoms with Gasteiger partial charge in [-0.3, -0.25) is 9.59 Å². The molecule has 1 aromatic heterocycles. The molecule has 0 atom stereocenters. The Morgan fingerprint density at radius 1 is 1.50 bits per heavy atom. The molecule has 0 amide bonds. The molecule has 0 saturated heterocycles. The lowest BCUT2D eigenvalue weighted by molar-refractivity contribution is -0.143. The third kappa shape index (κ3) is 3.32. The molecule has 0 aliphatic carbocycles. The molecule has 0 aromatic carbocycles. The minimum Gasteiger partial charge on any atom is -0.504 e. The zero-order valence-electron chi connectivity index (χ0n) is 9.97. The van der Waals surface area contributed by atoms with E-state index < -0.39 is 11.8 Å². The summed E-state index contributed by atoms with van der Waals surface area (Å²) >= 11 is 0. The van der Waals surface area contributed by atoms with Crippen molar-refractivity contribution in [3.63, 3.8) is 0 Å². The molecule has 1 N–H and O–H groups in total. The van der Waals surface area contributed by atoms with Crippen LogP contribution in [0.15, 0.2) is 12.3 Å². The van der Waals surface area contributed by atoms with E-state index in [4.69, 9.17) is 11.2 Å². The molecule has 1 rings (SSSR count). The summed E-state index contributed by atoms with van der Waals surface area (Å²) in [4.78, 5) is 26.6. The number of terminal acetylenes is 1. The Morgan fingerprint density at radius 2 is 2.22 bits per heavy atom. The number of ketones is 1. The lowest BCUT2D eigenvalue weighted by Crippen LogP contribution is -2.09. The fourth-order valence-corrected chi connectivity index (χ4v) is 1.34. The highest BCUT2D eigenvalue weighted by Crippen LogP contribution is 2.20. The van der Waals surface area contributed by atoms with Gasteiger partial charge in [0.25, 0.3) is 0 Å². The molecule has 5 heteroatoms. The van der Waals surface area contributed by atoms with Crippen molar-refractivity contribution >= 4 is 11.8 Å². The van der Waals surface area contributed by atoms with Crippen LogP contribution in [0.4, 0.5) is 0 Å². The number of carbonyl (C=O) groups is 2. The molecule has 18 heavy (non-hydrogen) atoms. The minimum absolute atomic E-state index is 0.0475. The van der Waals surface area contributed by atoms with Crippen molar-refractivity contribution in [3.8, 4) is 18.1 Å². The molecular formula is C13H13NO4. The average Bonchev–Trinajstić information content (AvgIpc) is 2.36. The fraction of sp³-hybridized carbons (Fsp3) is 0.308. The van der Waals surface area contributed by atoms with Crippen LogP contribution >= 0.6 is 0 Å². The van der Waals surface area contributed by atoms with Crippen LogP contribution in [0.25, 0.3) is 0 Å². The first-order valence-corrected chi connectivity index (χ1v) is 5.43. The summed E-state index contributed by atoms with van der Waals surface area (Å²) in [6.45, 7) is 1.95. The molecule has 0 saturated carbocycles. The van der Waals surface area contributed by atoms with Crippen LogP contribution in [-0.2, 0) is 9.53 Å². The summed E-state index contributed by atoms with van der Waals surface area (Å²) in [6, 6.07) is 1.43. The first-order valence-electron chi connectivity index (χ1n) is 5.43. The van der Waals surface area contributed by atoms with Gasteiger partial charge in [-0.15, -0.1) is 6.42 Å². The molecule has 0 radical (unpaired) electrons. The standard InChI is InChI=1S/C13H13NO4/c1-3-9-7-8-14-12(13(9)17)10(15)5-6-11(16)18-4-2/h1,7-8,17H,4-6H2,2H3. The van der Waals surface area contributed by atoms with Crippen LogP contribution in [-0.4, -0.2) is 28.4 Å². The van der Waals surface area contributed by atoms with Crippen LogP contribution in [0.5, 0.6) is 5.75 Å². The zero-order valence-corrected chi connectivity index (χ0v) is 9.97. The van der Waals surface area contributed by atoms with Gasteiger partial charge in [0.15, 0.2) is 11.5 Å². The normalized spacial score (nSPS) is 9.56. The number of aromatic hydroxyl groups is 1. The van der Waals surface area contributed by atoms with E-state index in [9.17, 15) is 14.7 Å². The maximum absolute atomic E-state index is 11.7. The SMILES string of the molecule is C#Cc1ccnc(C(=O)CCC(=O)OCC)c1O. The lowest BCUT2D eigenvalue weighted by Gasteiger charge is -2.04. The van der Waals surface area contributed by atoms with Crippen molar-refractivity contribution in [1.29, 1.82) is 0 Å². The first-order chi connectivity index (χ1) is 8.60. The zero-order chi connectivity index (χ0) is 13.5. The van der Waals surface area contributed by atoms with E-state index in [1.54, 1.807) is 6.92 Å². The van der Waals surface area contributed by atoms with Crippen molar-refractivity contribution in [2.24, 2.45) is 0 Å². The molecular weight excluding hydrogens is 234 g/mol. The smallest absolute Gasteiger partial charge is 0.306 e. The number of rotatable bonds is 5. The van der Waals surface area contributed by atoms with Gasteiger partial charge in [0, 0.05) is 12.6 Å². The number of esters is 1. The Kier molecular flexibility index (Phi) is 4.88. The molecule has 0 fully saturated rings. The van der Waals surface area contributed by atoms with E-state index in [0.29, 0.717) is 0 Å². The van der Waals surface area contributed by atoms with E-state index in [0.717, 1.165) is 0 Å². The number of aromatic nitrogens is 1. The van der Waals surface area contributed by atoms with Gasteiger partial charge in [0.1, 0.15) is 5.69 Å². The maximum atomic E-state index is 11.7. The second-order valence-electron chi connectivity index (χ2n) is 3.43. The van der Waals surface area contributed by atoms with Gasteiger partial charge in [0.2, 0.25) is 0 Å². The van der Waals surface area contributed by atoms with Gasteiger partial charge >= 0.3 is 5.97 Å². The maximum Gasteiger partial charge on any atom is 0.306 e. The van der Waals surface area contributed by atoms with Crippen LogP contribution < -0.4 is 0 Å². The minimum atomic E-state index is -0.460. The van der Waals surface area contributed by atoms with Crippen molar-refractivity contribution in [3.05, 3.63) is 23.5 Å². The largest absolute Gasteiger partial charge is 0.504 e. The second kappa shape index (κ2) is 6.40. The van der Waals surface area contributed by atoms with Crippen molar-refractivity contribution in [2.45, 2.75) is 19.8 Å². The third-order valence-corrected chi connectivity index (χ3v) is 2.21. The topological polar surface area (TPSA) is 76.5 Å². The summed E-state index contributed by atoms with van der Waals surface area (Å²) < 4.78 is 4.70. The third-order valence-electron chi connectivity index (χ3n) is 2.21. The molecule has 1 aromatic rings. The Morgan fingerprint density at radius 3 is 2.83 bits per heavy atom. The van der Waals surface area contributed by atoms with Gasteiger partial charge in [-0.1, -0.05) is 5.92 Å². The summed E-state index contributed by atoms with van der Waals surface area (Å²) in [6.07, 6.45) is 6.37. The second-order valence-corrected chi connectivity index (χ2v) is 3.43. The molecule has 0 aliphatic rings. The Balaban J connectivity index is 2.74. The van der Waals surface area contributed by atoms with Crippen LogP contribution in [0.2, 0.25) is 0 Å². The summed E-state index contributed by atoms with van der Waals surface area (Å²) in [7, 11) is 0. The highest BCUT2D eigenvalue weighted by molar-refractivity contribution is 5.98. The number of hydrogen-bond donors (Lipinski definition) is 1. The lowest BCUT2D eigenvalue weighted by atomic mass is 10.1. The fourth-order valence-electron chi connectivity index (χ4n) is 1.34. The highest BCUT2D eigenvalue weighted by atomic mass is 16.5. The molecule has 0 unspecified atom stereocenters. The molecule has 94 valence electrons. The summed E-state index contributed by atoms with van der Waals surface area (Å²) in [5.41, 5.74) is 0.0826. The number of ether oxygens (including phenoxy) is 1. The first kappa shape index (κ1) is 13.7. The molecule has 0 spiro atoms. The highest BCUT2D eigenvalue weighted by Gasteiger charge is 2.16. The number of Topliss-reactive ketones (excluding diaryl/α,β-unsaturated/α-hetero) is 1. The quantitative estimate of drug-likeness (QED) is 0.482. The number of hydrogen-bond acceptors (Lipinski definition) is 5. The summed E-state index contributed by atoms with van der Waals surface area (Å²) in [5, 5.41) is 9.69. The van der Waals surface area contributed by atoms with Gasteiger partial charge in [-0.2, -0.15) is 0 Å².